The number of nitrogens with zero attached hydrogens (tertiary/aromatic N) is 1. The highest BCUT2D eigenvalue weighted by Crippen LogP contribution is 2.19. The van der Waals surface area contributed by atoms with Gasteiger partial charge in [-0.3, -0.25) is 4.79 Å². The van der Waals surface area contributed by atoms with Gasteiger partial charge >= 0.3 is 5.97 Å². The Morgan fingerprint density at radius 3 is 2.67 bits per heavy atom. The van der Waals surface area contributed by atoms with E-state index >= 15 is 0 Å². The molecule has 0 atom stereocenters. The predicted octanol–water partition coefficient (Wildman–Crippen LogP) is 3.53. The molecular weight excluding hydrogens is 291 g/mol. The van der Waals surface area contributed by atoms with Gasteiger partial charge in [0.25, 0.3) is 0 Å². The van der Waals surface area contributed by atoms with Crippen molar-refractivity contribution < 1.29 is 14.3 Å². The maximum atomic E-state index is 13.5. The zero-order chi connectivity index (χ0) is 15.4. The number of benzene rings is 1. The summed E-state index contributed by atoms with van der Waals surface area (Å²) in [6, 6.07) is 3.63. The summed E-state index contributed by atoms with van der Waals surface area (Å²) in [5.41, 5.74) is 3.03. The van der Waals surface area contributed by atoms with Crippen LogP contribution < -0.4 is 5.32 Å². The van der Waals surface area contributed by atoms with Crippen molar-refractivity contribution in [2.24, 2.45) is 0 Å². The summed E-state index contributed by atoms with van der Waals surface area (Å²) < 4.78 is 13.5. The molecule has 1 aromatic heterocycles. The number of aryl methyl sites for hydroxylation is 3. The van der Waals surface area contributed by atoms with E-state index in [0.29, 0.717) is 24.1 Å². The lowest BCUT2D eigenvalue weighted by Crippen LogP contribution is -2.02. The number of rotatable bonds is 6. The lowest BCUT2D eigenvalue weighted by atomic mass is 10.1. The number of aliphatic carboxylic acids is 1. The van der Waals surface area contributed by atoms with Gasteiger partial charge in [0.05, 0.1) is 12.1 Å². The Labute approximate surface area is 126 Å². The van der Waals surface area contributed by atoms with Crippen LogP contribution in [-0.4, -0.2) is 16.1 Å². The van der Waals surface area contributed by atoms with Crippen LogP contribution in [0.3, 0.4) is 0 Å². The van der Waals surface area contributed by atoms with E-state index in [1.165, 1.54) is 11.3 Å². The Morgan fingerprint density at radius 2 is 2.05 bits per heavy atom. The van der Waals surface area contributed by atoms with Crippen molar-refractivity contribution in [2.75, 3.05) is 5.32 Å². The number of carboxylic acid groups (broad SMARTS) is 1. The van der Waals surface area contributed by atoms with Gasteiger partial charge in [-0.25, -0.2) is 9.37 Å². The van der Waals surface area contributed by atoms with Gasteiger partial charge in [-0.2, -0.15) is 0 Å². The van der Waals surface area contributed by atoms with Crippen molar-refractivity contribution in [2.45, 2.75) is 33.2 Å². The van der Waals surface area contributed by atoms with E-state index in [4.69, 9.17) is 5.11 Å². The molecule has 0 aliphatic heterocycles. The van der Waals surface area contributed by atoms with Crippen LogP contribution in [0.1, 0.15) is 28.8 Å². The molecule has 1 heterocycles. The van der Waals surface area contributed by atoms with Gasteiger partial charge in [0.1, 0.15) is 5.82 Å². The van der Waals surface area contributed by atoms with Crippen LogP contribution in [0, 0.1) is 19.7 Å². The zero-order valence-electron chi connectivity index (χ0n) is 11.9. The number of anilines is 1. The fourth-order valence-electron chi connectivity index (χ4n) is 2.05. The largest absolute Gasteiger partial charge is 0.481 e. The molecule has 0 aliphatic carbocycles. The number of aromatic nitrogens is 1. The lowest BCUT2D eigenvalue weighted by Gasteiger charge is -2.07. The Hall–Kier alpha value is -1.95. The molecule has 0 amide bonds. The molecule has 0 aliphatic rings. The normalized spacial score (nSPS) is 10.6. The highest BCUT2D eigenvalue weighted by atomic mass is 32.1. The second-order valence-corrected chi connectivity index (χ2v) is 5.79. The van der Waals surface area contributed by atoms with Crippen LogP contribution in [0.2, 0.25) is 0 Å². The summed E-state index contributed by atoms with van der Waals surface area (Å²) in [4.78, 5) is 14.8. The van der Waals surface area contributed by atoms with Gasteiger partial charge in [0.2, 0.25) is 0 Å². The maximum Gasteiger partial charge on any atom is 0.303 e. The maximum absolute atomic E-state index is 13.5. The third-order valence-corrected chi connectivity index (χ3v) is 3.94. The Bertz CT molecular complexity index is 632. The number of nitrogens with one attached hydrogen (secondary N) is 1. The van der Waals surface area contributed by atoms with E-state index in [-0.39, 0.29) is 12.2 Å². The SMILES string of the molecule is Cc1cc(CNc2nc(CCC(=O)O)cs2)cc(C)c1F. The Morgan fingerprint density at radius 1 is 1.38 bits per heavy atom. The quantitative estimate of drug-likeness (QED) is 0.857. The first-order valence-corrected chi connectivity index (χ1v) is 7.49. The molecule has 0 bridgehead atoms. The summed E-state index contributed by atoms with van der Waals surface area (Å²) in [7, 11) is 0. The van der Waals surface area contributed by atoms with Crippen molar-refractivity contribution >= 4 is 22.4 Å². The Kier molecular flexibility index (Phi) is 4.90. The molecule has 0 spiro atoms. The Balaban J connectivity index is 1.95. The summed E-state index contributed by atoms with van der Waals surface area (Å²) >= 11 is 1.44. The fourth-order valence-corrected chi connectivity index (χ4v) is 2.80. The topological polar surface area (TPSA) is 62.2 Å². The van der Waals surface area contributed by atoms with Gasteiger partial charge in [-0.1, -0.05) is 12.1 Å². The number of carboxylic acids is 1. The van der Waals surface area contributed by atoms with Crippen LogP contribution >= 0.6 is 11.3 Å². The minimum Gasteiger partial charge on any atom is -0.481 e. The van der Waals surface area contributed by atoms with E-state index in [2.05, 4.69) is 10.3 Å². The molecule has 21 heavy (non-hydrogen) atoms. The molecule has 0 fully saturated rings. The van der Waals surface area contributed by atoms with Crippen molar-refractivity contribution in [1.29, 1.82) is 0 Å². The average Bonchev–Trinajstić information content (AvgIpc) is 2.88. The summed E-state index contributed by atoms with van der Waals surface area (Å²) in [6.07, 6.45) is 0.516. The molecule has 0 unspecified atom stereocenters. The number of hydrogen-bond donors (Lipinski definition) is 2. The van der Waals surface area contributed by atoms with Gasteiger partial charge < -0.3 is 10.4 Å². The molecular formula is C15H17FN2O2S. The molecule has 4 nitrogen and oxygen atoms in total. The fraction of sp³-hybridized carbons (Fsp3) is 0.333. The second-order valence-electron chi connectivity index (χ2n) is 4.93. The molecule has 0 radical (unpaired) electrons. The van der Waals surface area contributed by atoms with E-state index in [1.807, 2.05) is 17.5 Å². The van der Waals surface area contributed by atoms with Gasteiger partial charge in [-0.05, 0) is 30.5 Å². The molecule has 112 valence electrons. The van der Waals surface area contributed by atoms with Crippen LogP contribution in [0.15, 0.2) is 17.5 Å². The zero-order valence-corrected chi connectivity index (χ0v) is 12.8. The first-order chi connectivity index (χ1) is 9.95. The molecule has 2 aromatic rings. The number of thiazole rings is 1. The van der Waals surface area contributed by atoms with Gasteiger partial charge in [0.15, 0.2) is 5.13 Å². The minimum absolute atomic E-state index is 0.0829. The smallest absolute Gasteiger partial charge is 0.303 e. The average molecular weight is 308 g/mol. The summed E-state index contributed by atoms with van der Waals surface area (Å²) in [6.45, 7) is 4.06. The molecule has 6 heteroatoms. The standard InChI is InChI=1S/C15H17FN2O2S/c1-9-5-11(6-10(2)14(9)16)7-17-15-18-12(8-21-15)3-4-13(19)20/h5-6,8H,3-4,7H2,1-2H3,(H,17,18)(H,19,20). The first-order valence-electron chi connectivity index (χ1n) is 6.61. The van der Waals surface area contributed by atoms with E-state index in [9.17, 15) is 9.18 Å². The van der Waals surface area contributed by atoms with Gasteiger partial charge in [0, 0.05) is 18.3 Å². The monoisotopic (exact) mass is 308 g/mol. The van der Waals surface area contributed by atoms with Gasteiger partial charge in [-0.15, -0.1) is 11.3 Å². The molecule has 2 rings (SSSR count). The van der Waals surface area contributed by atoms with E-state index in [1.54, 1.807) is 13.8 Å². The number of halogens is 1. The van der Waals surface area contributed by atoms with Crippen LogP contribution in [-0.2, 0) is 17.8 Å². The summed E-state index contributed by atoms with van der Waals surface area (Å²) in [5.74, 6) is -0.987. The molecule has 0 saturated heterocycles. The first kappa shape index (κ1) is 15.4. The number of hydrogen-bond acceptors (Lipinski definition) is 4. The van der Waals surface area contributed by atoms with Crippen molar-refractivity contribution in [3.8, 4) is 0 Å². The van der Waals surface area contributed by atoms with Crippen LogP contribution in [0.5, 0.6) is 0 Å². The predicted molar refractivity (Wildman–Crippen MR) is 81.3 cm³/mol. The summed E-state index contributed by atoms with van der Waals surface area (Å²) in [5, 5.41) is 14.4. The van der Waals surface area contributed by atoms with Crippen molar-refractivity contribution in [3.05, 3.63) is 45.7 Å². The minimum atomic E-state index is -0.824. The van der Waals surface area contributed by atoms with Crippen molar-refractivity contribution in [3.63, 3.8) is 0 Å². The highest BCUT2D eigenvalue weighted by Gasteiger charge is 2.07. The third kappa shape index (κ3) is 4.26. The second kappa shape index (κ2) is 6.67. The highest BCUT2D eigenvalue weighted by molar-refractivity contribution is 7.13. The van der Waals surface area contributed by atoms with E-state index < -0.39 is 5.97 Å². The van der Waals surface area contributed by atoms with Crippen LogP contribution in [0.25, 0.3) is 0 Å². The number of carbonyl (C=O) groups is 1. The van der Waals surface area contributed by atoms with Crippen molar-refractivity contribution in [1.82, 2.24) is 4.98 Å². The molecule has 1 aromatic carbocycles. The van der Waals surface area contributed by atoms with E-state index in [0.717, 1.165) is 16.4 Å². The van der Waals surface area contributed by atoms with Crippen LogP contribution in [0.4, 0.5) is 9.52 Å². The molecule has 0 saturated carbocycles. The third-order valence-electron chi connectivity index (χ3n) is 3.09. The lowest BCUT2D eigenvalue weighted by molar-refractivity contribution is -0.136. The molecule has 2 N–H and O–H groups in total.